The molecule has 21 heavy (non-hydrogen) atoms. The number of halogens is 3. The predicted octanol–water partition coefficient (Wildman–Crippen LogP) is 0.986. The summed E-state index contributed by atoms with van der Waals surface area (Å²) in [6, 6.07) is 1.51. The van der Waals surface area contributed by atoms with E-state index in [1.807, 2.05) is 0 Å². The van der Waals surface area contributed by atoms with Gasteiger partial charge < -0.3 is 15.4 Å². The van der Waals surface area contributed by atoms with Crippen LogP contribution < -0.4 is 10.6 Å². The second kappa shape index (κ2) is 8.25. The molecule has 0 aliphatic carbocycles. The Bertz CT molecular complexity index is 524. The third-order valence-corrected chi connectivity index (χ3v) is 2.55. The van der Waals surface area contributed by atoms with Crippen molar-refractivity contribution in [1.29, 1.82) is 0 Å². The average molecular weight is 304 g/mol. The molecule has 116 valence electrons. The van der Waals surface area contributed by atoms with E-state index in [0.29, 0.717) is 6.07 Å². The molecule has 0 saturated carbocycles. The van der Waals surface area contributed by atoms with Crippen LogP contribution in [-0.2, 0) is 9.53 Å². The summed E-state index contributed by atoms with van der Waals surface area (Å²) in [7, 11) is 1.46. The van der Waals surface area contributed by atoms with E-state index >= 15 is 0 Å². The molecule has 2 N–H and O–H groups in total. The first-order valence-corrected chi connectivity index (χ1v) is 6.14. The number of carbonyl (C=O) groups is 2. The Labute approximate surface area is 119 Å². The predicted molar refractivity (Wildman–Crippen MR) is 68.2 cm³/mol. The van der Waals surface area contributed by atoms with E-state index in [4.69, 9.17) is 4.74 Å². The van der Waals surface area contributed by atoms with Crippen LogP contribution in [0, 0.1) is 17.5 Å². The fourth-order valence-electron chi connectivity index (χ4n) is 1.46. The lowest BCUT2D eigenvalue weighted by molar-refractivity contribution is -0.121. The van der Waals surface area contributed by atoms with Gasteiger partial charge in [0.25, 0.3) is 5.91 Å². The molecule has 0 aromatic heterocycles. The summed E-state index contributed by atoms with van der Waals surface area (Å²) in [6.07, 6.45) is 0.183. The zero-order valence-corrected chi connectivity index (χ0v) is 11.3. The van der Waals surface area contributed by atoms with Gasteiger partial charge in [0, 0.05) is 26.6 Å². The molecule has 0 aliphatic rings. The highest BCUT2D eigenvalue weighted by Crippen LogP contribution is 2.14. The number of ether oxygens (including phenoxy) is 1. The molecule has 0 aliphatic heterocycles. The molecule has 1 aromatic carbocycles. The minimum Gasteiger partial charge on any atom is -0.384 e. The van der Waals surface area contributed by atoms with Crippen molar-refractivity contribution in [2.75, 3.05) is 26.8 Å². The maximum Gasteiger partial charge on any atom is 0.254 e. The van der Waals surface area contributed by atoms with Gasteiger partial charge in [0.05, 0.1) is 12.2 Å². The number of amides is 2. The molecule has 0 atom stereocenters. The third-order valence-electron chi connectivity index (χ3n) is 2.55. The van der Waals surface area contributed by atoms with Gasteiger partial charge in [0.2, 0.25) is 5.91 Å². The van der Waals surface area contributed by atoms with E-state index in [1.165, 1.54) is 7.11 Å². The van der Waals surface area contributed by atoms with Crippen LogP contribution >= 0.6 is 0 Å². The first kappa shape index (κ1) is 17.0. The summed E-state index contributed by atoms with van der Waals surface area (Å²) in [5.41, 5.74) is -0.598. The van der Waals surface area contributed by atoms with E-state index in [1.54, 1.807) is 0 Å². The molecule has 0 spiro atoms. The Morgan fingerprint density at radius 3 is 2.43 bits per heavy atom. The van der Waals surface area contributed by atoms with Crippen molar-refractivity contribution in [1.82, 2.24) is 10.6 Å². The highest BCUT2D eigenvalue weighted by molar-refractivity contribution is 5.94. The Hall–Kier alpha value is -2.09. The van der Waals surface area contributed by atoms with Gasteiger partial charge in [-0.1, -0.05) is 0 Å². The van der Waals surface area contributed by atoms with Crippen molar-refractivity contribution in [3.8, 4) is 0 Å². The smallest absolute Gasteiger partial charge is 0.254 e. The Morgan fingerprint density at radius 1 is 1.10 bits per heavy atom. The second-order valence-electron chi connectivity index (χ2n) is 4.07. The average Bonchev–Trinajstić information content (AvgIpc) is 2.47. The van der Waals surface area contributed by atoms with E-state index in [9.17, 15) is 22.8 Å². The number of nitrogens with one attached hydrogen (secondary N) is 2. The number of hydrogen-bond acceptors (Lipinski definition) is 3. The van der Waals surface area contributed by atoms with E-state index < -0.39 is 28.9 Å². The van der Waals surface area contributed by atoms with Crippen LogP contribution in [-0.4, -0.2) is 38.6 Å². The molecule has 0 radical (unpaired) electrons. The molecule has 5 nitrogen and oxygen atoms in total. The van der Waals surface area contributed by atoms with Crippen molar-refractivity contribution >= 4 is 11.8 Å². The van der Waals surface area contributed by atoms with Crippen molar-refractivity contribution < 1.29 is 27.5 Å². The summed E-state index contributed by atoms with van der Waals surface area (Å²) in [6.45, 7) is 0.424. The van der Waals surface area contributed by atoms with Crippen LogP contribution in [0.2, 0.25) is 0 Å². The van der Waals surface area contributed by atoms with Gasteiger partial charge in [-0.15, -0.1) is 0 Å². The second-order valence-corrected chi connectivity index (χ2v) is 4.07. The third kappa shape index (κ3) is 5.07. The molecule has 0 unspecified atom stereocenters. The minimum absolute atomic E-state index is 0.0238. The lowest BCUT2D eigenvalue weighted by Crippen LogP contribution is -2.35. The number of rotatable bonds is 7. The lowest BCUT2D eigenvalue weighted by Gasteiger charge is -2.08. The van der Waals surface area contributed by atoms with Crippen LogP contribution in [0.3, 0.4) is 0 Å². The van der Waals surface area contributed by atoms with Gasteiger partial charge in [-0.05, 0) is 12.1 Å². The molecular weight excluding hydrogens is 289 g/mol. The maximum atomic E-state index is 13.3. The van der Waals surface area contributed by atoms with Gasteiger partial charge in [-0.25, -0.2) is 13.2 Å². The number of hydrogen-bond donors (Lipinski definition) is 2. The first-order chi connectivity index (χ1) is 9.97. The molecule has 1 aromatic rings. The monoisotopic (exact) mass is 304 g/mol. The molecule has 0 heterocycles. The highest BCUT2D eigenvalue weighted by Gasteiger charge is 2.18. The van der Waals surface area contributed by atoms with Crippen molar-refractivity contribution in [2.45, 2.75) is 6.42 Å². The van der Waals surface area contributed by atoms with Crippen LogP contribution in [0.15, 0.2) is 12.1 Å². The lowest BCUT2D eigenvalue weighted by atomic mass is 10.2. The number of benzene rings is 1. The summed E-state index contributed by atoms with van der Waals surface area (Å²) in [4.78, 5) is 22.8. The SMILES string of the molecule is COCCC(=O)NCCNC(=O)c1ccc(F)c(F)c1F. The maximum absolute atomic E-state index is 13.3. The zero-order valence-electron chi connectivity index (χ0n) is 11.3. The fourth-order valence-corrected chi connectivity index (χ4v) is 1.46. The largest absolute Gasteiger partial charge is 0.384 e. The van der Waals surface area contributed by atoms with Gasteiger partial charge in [0.1, 0.15) is 0 Å². The molecule has 0 saturated heterocycles. The molecular formula is C13H15F3N2O3. The summed E-state index contributed by atoms with van der Waals surface area (Å²) < 4.78 is 43.7. The molecule has 0 bridgehead atoms. The van der Waals surface area contributed by atoms with Gasteiger partial charge in [-0.3, -0.25) is 9.59 Å². The quantitative estimate of drug-likeness (QED) is 0.583. The Kier molecular flexibility index (Phi) is 6.67. The van der Waals surface area contributed by atoms with E-state index in [-0.39, 0.29) is 32.0 Å². The van der Waals surface area contributed by atoms with Crippen LogP contribution in [0.25, 0.3) is 0 Å². The number of methoxy groups -OCH3 is 1. The van der Waals surface area contributed by atoms with Crippen molar-refractivity contribution in [3.63, 3.8) is 0 Å². The Balaban J connectivity index is 2.41. The van der Waals surface area contributed by atoms with Crippen molar-refractivity contribution in [3.05, 3.63) is 35.1 Å². The van der Waals surface area contributed by atoms with Crippen LogP contribution in [0.4, 0.5) is 13.2 Å². The van der Waals surface area contributed by atoms with Gasteiger partial charge >= 0.3 is 0 Å². The van der Waals surface area contributed by atoms with Gasteiger partial charge in [0.15, 0.2) is 17.5 Å². The standard InChI is InChI=1S/C13H15F3N2O3/c1-21-7-4-10(19)17-5-6-18-13(20)8-2-3-9(14)12(16)11(8)15/h2-3H,4-7H2,1H3,(H,17,19)(H,18,20). The van der Waals surface area contributed by atoms with Crippen LogP contribution in [0.5, 0.6) is 0 Å². The molecule has 1 rings (SSSR count). The zero-order chi connectivity index (χ0) is 15.8. The minimum atomic E-state index is -1.70. The molecule has 0 fully saturated rings. The molecule has 2 amide bonds. The summed E-state index contributed by atoms with van der Waals surface area (Å²) >= 11 is 0. The number of carbonyl (C=O) groups excluding carboxylic acids is 2. The normalized spacial score (nSPS) is 10.3. The fraction of sp³-hybridized carbons (Fsp3) is 0.385. The summed E-state index contributed by atoms with van der Waals surface area (Å²) in [5.74, 6) is -5.76. The van der Waals surface area contributed by atoms with Gasteiger partial charge in [-0.2, -0.15) is 0 Å². The topological polar surface area (TPSA) is 67.4 Å². The van der Waals surface area contributed by atoms with Crippen molar-refractivity contribution in [2.24, 2.45) is 0 Å². The van der Waals surface area contributed by atoms with Crippen LogP contribution in [0.1, 0.15) is 16.8 Å². The first-order valence-electron chi connectivity index (χ1n) is 6.14. The molecule has 8 heteroatoms. The van der Waals surface area contributed by atoms with E-state index in [2.05, 4.69) is 10.6 Å². The Morgan fingerprint density at radius 2 is 1.76 bits per heavy atom. The highest BCUT2D eigenvalue weighted by atomic mass is 19.2. The summed E-state index contributed by atoms with van der Waals surface area (Å²) in [5, 5.41) is 4.78. The van der Waals surface area contributed by atoms with E-state index in [0.717, 1.165) is 6.07 Å².